The van der Waals surface area contributed by atoms with Gasteiger partial charge in [0, 0.05) is 24.5 Å². The average Bonchev–Trinajstić information content (AvgIpc) is 2.90. The van der Waals surface area contributed by atoms with Crippen molar-refractivity contribution < 1.29 is 8.42 Å². The van der Waals surface area contributed by atoms with E-state index in [0.717, 1.165) is 17.7 Å². The summed E-state index contributed by atoms with van der Waals surface area (Å²) in [5, 5.41) is 1.94. The van der Waals surface area contributed by atoms with Gasteiger partial charge in [0.2, 0.25) is 0 Å². The summed E-state index contributed by atoms with van der Waals surface area (Å²) in [5.41, 5.74) is 5.60. The molecule has 0 spiro atoms. The van der Waals surface area contributed by atoms with Crippen LogP contribution in [0.5, 0.6) is 0 Å². The Kier molecular flexibility index (Phi) is 4.74. The van der Waals surface area contributed by atoms with Crippen LogP contribution in [0.4, 0.5) is 0 Å². The van der Waals surface area contributed by atoms with Crippen molar-refractivity contribution in [2.45, 2.75) is 19.4 Å². The molecule has 7 heteroatoms. The highest BCUT2D eigenvalue weighted by molar-refractivity contribution is 7.87. The lowest BCUT2D eigenvalue weighted by Crippen LogP contribution is -2.45. The van der Waals surface area contributed by atoms with Gasteiger partial charge >= 0.3 is 0 Å². The lowest BCUT2D eigenvalue weighted by molar-refractivity contribution is 0.276. The van der Waals surface area contributed by atoms with Gasteiger partial charge in [-0.1, -0.05) is 6.07 Å². The van der Waals surface area contributed by atoms with Crippen LogP contribution in [0.3, 0.4) is 0 Å². The molecule has 1 saturated heterocycles. The smallest absolute Gasteiger partial charge is 0.279 e. The Bertz CT molecular complexity index is 451. The summed E-state index contributed by atoms with van der Waals surface area (Å²) in [7, 11) is -3.34. The van der Waals surface area contributed by atoms with E-state index in [1.165, 1.54) is 4.31 Å². The Morgan fingerprint density at radius 3 is 2.72 bits per heavy atom. The Morgan fingerprint density at radius 2 is 2.17 bits per heavy atom. The minimum atomic E-state index is -3.34. The number of piperidine rings is 1. The van der Waals surface area contributed by atoms with Gasteiger partial charge < -0.3 is 5.73 Å². The molecule has 3 N–H and O–H groups in total. The molecular formula is C11H19N3O2S2. The van der Waals surface area contributed by atoms with Crippen LogP contribution in [0.25, 0.3) is 0 Å². The molecule has 5 nitrogen and oxygen atoms in total. The van der Waals surface area contributed by atoms with E-state index >= 15 is 0 Å². The maximum Gasteiger partial charge on any atom is 0.279 e. The number of hydrogen-bond acceptors (Lipinski definition) is 4. The summed E-state index contributed by atoms with van der Waals surface area (Å²) in [6.45, 7) is 2.16. The van der Waals surface area contributed by atoms with Crippen LogP contribution >= 0.6 is 11.3 Å². The van der Waals surface area contributed by atoms with Crippen LogP contribution in [0.2, 0.25) is 0 Å². The van der Waals surface area contributed by atoms with E-state index in [1.807, 2.05) is 17.5 Å². The Balaban J connectivity index is 1.87. The van der Waals surface area contributed by atoms with Crippen LogP contribution < -0.4 is 10.5 Å². The normalized spacial score (nSPS) is 19.2. The van der Waals surface area contributed by atoms with E-state index in [0.29, 0.717) is 32.1 Å². The average molecular weight is 289 g/mol. The number of nitrogens with zero attached hydrogens (tertiary/aromatic N) is 1. The quantitative estimate of drug-likeness (QED) is 0.840. The molecule has 0 unspecified atom stereocenters. The van der Waals surface area contributed by atoms with Gasteiger partial charge in [-0.05, 0) is 36.8 Å². The Morgan fingerprint density at radius 1 is 1.44 bits per heavy atom. The van der Waals surface area contributed by atoms with E-state index < -0.39 is 10.2 Å². The van der Waals surface area contributed by atoms with Gasteiger partial charge in [0.05, 0.1) is 0 Å². The first-order chi connectivity index (χ1) is 8.62. The van der Waals surface area contributed by atoms with Crippen molar-refractivity contribution >= 4 is 21.5 Å². The molecule has 1 fully saturated rings. The molecule has 0 aliphatic carbocycles. The minimum absolute atomic E-state index is 0.372. The third kappa shape index (κ3) is 3.52. The molecule has 2 rings (SSSR count). The zero-order chi connectivity index (χ0) is 13.0. The summed E-state index contributed by atoms with van der Waals surface area (Å²) in [4.78, 5) is 1.02. The number of thiophene rings is 1. The number of hydrogen-bond donors (Lipinski definition) is 2. The van der Waals surface area contributed by atoms with E-state index in [4.69, 9.17) is 5.73 Å². The van der Waals surface area contributed by atoms with Crippen molar-refractivity contribution in [2.24, 2.45) is 11.7 Å². The molecule has 0 saturated carbocycles. The van der Waals surface area contributed by atoms with Crippen molar-refractivity contribution in [3.05, 3.63) is 22.4 Å². The molecule has 0 bridgehead atoms. The van der Waals surface area contributed by atoms with E-state index in [-0.39, 0.29) is 0 Å². The predicted molar refractivity (Wildman–Crippen MR) is 73.4 cm³/mol. The summed E-state index contributed by atoms with van der Waals surface area (Å²) >= 11 is 1.55. The molecule has 0 aromatic carbocycles. The fourth-order valence-electron chi connectivity index (χ4n) is 2.05. The fourth-order valence-corrected chi connectivity index (χ4v) is 4.00. The predicted octanol–water partition coefficient (Wildman–Crippen LogP) is 0.753. The summed E-state index contributed by atoms with van der Waals surface area (Å²) < 4.78 is 28.3. The molecule has 1 aromatic rings. The van der Waals surface area contributed by atoms with Gasteiger partial charge in [-0.2, -0.15) is 17.4 Å². The van der Waals surface area contributed by atoms with E-state index in [9.17, 15) is 8.42 Å². The van der Waals surface area contributed by atoms with Crippen LogP contribution in [0.15, 0.2) is 17.5 Å². The van der Waals surface area contributed by atoms with Crippen molar-refractivity contribution in [1.29, 1.82) is 0 Å². The maximum absolute atomic E-state index is 12.1. The van der Waals surface area contributed by atoms with E-state index in [1.54, 1.807) is 11.3 Å². The second-order valence-corrected chi connectivity index (χ2v) is 7.27. The van der Waals surface area contributed by atoms with Crippen LogP contribution in [-0.2, 0) is 16.8 Å². The lowest BCUT2D eigenvalue weighted by atomic mass is 9.99. The lowest BCUT2D eigenvalue weighted by Gasteiger charge is -2.30. The van der Waals surface area contributed by atoms with Gasteiger partial charge in [-0.25, -0.2) is 0 Å². The highest BCUT2D eigenvalue weighted by atomic mass is 32.2. The largest absolute Gasteiger partial charge is 0.330 e. The van der Waals surface area contributed by atoms with Crippen molar-refractivity contribution in [3.8, 4) is 0 Å². The molecule has 0 atom stereocenters. The molecule has 0 amide bonds. The topological polar surface area (TPSA) is 75.4 Å². The number of nitrogens with two attached hydrogens (primary N) is 1. The standard InChI is InChI=1S/C11H19N3O2S2/c12-8-10-3-5-14(6-4-10)18(15,16)13-9-11-2-1-7-17-11/h1-2,7,10,13H,3-6,8-9,12H2. The second kappa shape index (κ2) is 6.12. The monoisotopic (exact) mass is 289 g/mol. The first kappa shape index (κ1) is 14.0. The highest BCUT2D eigenvalue weighted by Crippen LogP contribution is 2.18. The zero-order valence-corrected chi connectivity index (χ0v) is 11.8. The molecule has 1 aliphatic heterocycles. The maximum atomic E-state index is 12.1. The summed E-state index contributed by atoms with van der Waals surface area (Å²) in [6, 6.07) is 3.84. The summed E-state index contributed by atoms with van der Waals surface area (Å²) in [6.07, 6.45) is 1.72. The molecule has 1 aliphatic rings. The Hall–Kier alpha value is -0.470. The van der Waals surface area contributed by atoms with E-state index in [2.05, 4.69) is 4.72 Å². The third-order valence-corrected chi connectivity index (χ3v) is 5.69. The zero-order valence-electron chi connectivity index (χ0n) is 10.2. The van der Waals surface area contributed by atoms with Gasteiger partial charge in [0.1, 0.15) is 0 Å². The van der Waals surface area contributed by atoms with Crippen LogP contribution in [-0.4, -0.2) is 32.4 Å². The number of nitrogens with one attached hydrogen (secondary N) is 1. The third-order valence-electron chi connectivity index (χ3n) is 3.26. The molecule has 102 valence electrons. The van der Waals surface area contributed by atoms with Crippen molar-refractivity contribution in [2.75, 3.05) is 19.6 Å². The second-order valence-electron chi connectivity index (χ2n) is 4.48. The summed E-state index contributed by atoms with van der Waals surface area (Å²) in [5.74, 6) is 0.466. The van der Waals surface area contributed by atoms with Crippen molar-refractivity contribution in [1.82, 2.24) is 9.03 Å². The van der Waals surface area contributed by atoms with Gasteiger partial charge in [0.25, 0.3) is 10.2 Å². The fraction of sp³-hybridized carbons (Fsp3) is 0.636. The molecule has 18 heavy (non-hydrogen) atoms. The SMILES string of the molecule is NCC1CCN(S(=O)(=O)NCc2cccs2)CC1. The molecular weight excluding hydrogens is 270 g/mol. The highest BCUT2D eigenvalue weighted by Gasteiger charge is 2.26. The molecule has 2 heterocycles. The van der Waals surface area contributed by atoms with Gasteiger partial charge in [0.15, 0.2) is 0 Å². The molecule has 0 radical (unpaired) electrons. The molecule has 1 aromatic heterocycles. The van der Waals surface area contributed by atoms with Gasteiger partial charge in [-0.15, -0.1) is 11.3 Å². The van der Waals surface area contributed by atoms with Crippen LogP contribution in [0.1, 0.15) is 17.7 Å². The van der Waals surface area contributed by atoms with Crippen LogP contribution in [0, 0.1) is 5.92 Å². The first-order valence-electron chi connectivity index (χ1n) is 6.09. The first-order valence-corrected chi connectivity index (χ1v) is 8.41. The minimum Gasteiger partial charge on any atom is -0.330 e. The van der Waals surface area contributed by atoms with Crippen molar-refractivity contribution in [3.63, 3.8) is 0 Å². The Labute approximate surface area is 112 Å². The van der Waals surface area contributed by atoms with Gasteiger partial charge in [-0.3, -0.25) is 0 Å². The number of rotatable bonds is 5.